The second-order valence-corrected chi connectivity index (χ2v) is 13.2. The molecular formula is C38H38Cl2N6O6. The number of nitrogens with zero attached hydrogens (tertiary/aromatic N) is 3. The molecule has 1 saturated heterocycles. The molecule has 1 fully saturated rings. The van der Waals surface area contributed by atoms with Crippen LogP contribution < -0.4 is 26.2 Å². The smallest absolute Gasteiger partial charge is 0.308 e. The summed E-state index contributed by atoms with van der Waals surface area (Å²) in [4.78, 5) is 45.4. The highest BCUT2D eigenvalue weighted by Crippen LogP contribution is 2.42. The number of esters is 1. The molecule has 6 rings (SSSR count). The van der Waals surface area contributed by atoms with Crippen LogP contribution in [-0.4, -0.2) is 70.8 Å². The van der Waals surface area contributed by atoms with Crippen molar-refractivity contribution in [2.45, 2.75) is 44.5 Å². The molecule has 3 aromatic heterocycles. The van der Waals surface area contributed by atoms with E-state index in [4.69, 9.17) is 32.9 Å². The molecule has 0 spiro atoms. The van der Waals surface area contributed by atoms with Crippen molar-refractivity contribution >= 4 is 40.7 Å². The number of methoxy groups -OCH3 is 2. The van der Waals surface area contributed by atoms with Gasteiger partial charge in [-0.2, -0.15) is 0 Å². The van der Waals surface area contributed by atoms with E-state index in [1.807, 2.05) is 48.5 Å². The third-order valence-corrected chi connectivity index (χ3v) is 9.72. The molecular weight excluding hydrogens is 707 g/mol. The standard InChI is InChI=1S/C38H38Cl2N6O6/c1-51-34(49)16-26(47)21-42-18-24-19-43-32-15-22(13-14-46(32)38(24)50)27-5-3-6-28(35(27)39)29-7-4-8-30(36(29)40)31-11-9-23(37(45-31)52-2)17-41-20-25-10-12-33(48)44-25/h3-9,11,13-15,19,25-26,41-42,47H,10,12,16-18,20-21H2,1-2H3,(H,44,48)/t25-,26+/m0/s1. The van der Waals surface area contributed by atoms with E-state index in [9.17, 15) is 19.5 Å². The minimum atomic E-state index is -0.941. The van der Waals surface area contributed by atoms with E-state index in [1.165, 1.54) is 17.7 Å². The zero-order valence-corrected chi connectivity index (χ0v) is 30.1. The summed E-state index contributed by atoms with van der Waals surface area (Å²) in [5.41, 5.74) is 5.74. The lowest BCUT2D eigenvalue weighted by Crippen LogP contribution is -2.35. The van der Waals surface area contributed by atoms with Crippen molar-refractivity contribution in [3.05, 3.63) is 105 Å². The summed E-state index contributed by atoms with van der Waals surface area (Å²) in [6.07, 6.45) is 3.43. The molecule has 0 aliphatic carbocycles. The predicted octanol–water partition coefficient (Wildman–Crippen LogP) is 4.79. The minimum Gasteiger partial charge on any atom is -0.481 e. The van der Waals surface area contributed by atoms with Gasteiger partial charge >= 0.3 is 5.97 Å². The van der Waals surface area contributed by atoms with Gasteiger partial charge in [0.05, 0.1) is 42.5 Å². The number of carbonyl (C=O) groups is 2. The highest BCUT2D eigenvalue weighted by Gasteiger charge is 2.21. The number of hydrogen-bond acceptors (Lipinski definition) is 10. The van der Waals surface area contributed by atoms with Crippen LogP contribution in [0.5, 0.6) is 5.88 Å². The number of fused-ring (bicyclic) bond motifs is 1. The highest BCUT2D eigenvalue weighted by molar-refractivity contribution is 6.39. The molecule has 270 valence electrons. The average Bonchev–Trinajstić information content (AvgIpc) is 3.57. The fraction of sp³-hybridized carbons (Fsp3) is 0.289. The number of halogens is 2. The zero-order valence-electron chi connectivity index (χ0n) is 28.6. The van der Waals surface area contributed by atoms with E-state index in [-0.39, 0.29) is 37.0 Å². The van der Waals surface area contributed by atoms with Crippen LogP contribution in [0, 0.1) is 0 Å². The van der Waals surface area contributed by atoms with Crippen LogP contribution in [0.1, 0.15) is 30.4 Å². The summed E-state index contributed by atoms with van der Waals surface area (Å²) in [5, 5.41) is 20.3. The molecule has 12 nitrogen and oxygen atoms in total. The van der Waals surface area contributed by atoms with E-state index in [2.05, 4.69) is 25.7 Å². The summed E-state index contributed by atoms with van der Waals surface area (Å²) >= 11 is 14.2. The molecule has 14 heteroatoms. The maximum atomic E-state index is 13.2. The number of aliphatic hydroxyl groups excluding tert-OH is 1. The summed E-state index contributed by atoms with van der Waals surface area (Å²) in [6.45, 7) is 1.46. The molecule has 0 unspecified atom stereocenters. The average molecular weight is 746 g/mol. The lowest BCUT2D eigenvalue weighted by molar-refractivity contribution is -0.142. The van der Waals surface area contributed by atoms with Crippen LogP contribution in [0.15, 0.2) is 77.9 Å². The van der Waals surface area contributed by atoms with Gasteiger partial charge < -0.3 is 30.5 Å². The Hall–Kier alpha value is -4.85. The molecule has 1 amide bonds. The zero-order chi connectivity index (χ0) is 36.8. The Kier molecular flexibility index (Phi) is 11.8. The van der Waals surface area contributed by atoms with Gasteiger partial charge in [0, 0.05) is 84.4 Å². The number of aliphatic hydroxyl groups is 1. The van der Waals surface area contributed by atoms with Crippen molar-refractivity contribution in [2.75, 3.05) is 27.3 Å². The van der Waals surface area contributed by atoms with Gasteiger partial charge in [0.1, 0.15) is 5.65 Å². The topological polar surface area (TPSA) is 156 Å². The Morgan fingerprint density at radius 3 is 2.40 bits per heavy atom. The van der Waals surface area contributed by atoms with Crippen LogP contribution in [0.25, 0.3) is 39.2 Å². The lowest BCUT2D eigenvalue weighted by Gasteiger charge is -2.16. The molecule has 1 aliphatic rings. The molecule has 1 aliphatic heterocycles. The van der Waals surface area contributed by atoms with E-state index in [0.29, 0.717) is 57.9 Å². The molecule has 4 N–H and O–H groups in total. The van der Waals surface area contributed by atoms with E-state index in [1.54, 1.807) is 25.4 Å². The van der Waals surface area contributed by atoms with E-state index < -0.39 is 12.1 Å². The molecule has 5 aromatic rings. The van der Waals surface area contributed by atoms with Crippen molar-refractivity contribution in [1.82, 2.24) is 30.3 Å². The van der Waals surface area contributed by atoms with E-state index >= 15 is 0 Å². The summed E-state index contributed by atoms with van der Waals surface area (Å²) < 4.78 is 11.6. The highest BCUT2D eigenvalue weighted by atomic mass is 35.5. The van der Waals surface area contributed by atoms with Crippen molar-refractivity contribution in [2.24, 2.45) is 0 Å². The van der Waals surface area contributed by atoms with E-state index in [0.717, 1.165) is 34.2 Å². The van der Waals surface area contributed by atoms with Crippen molar-refractivity contribution in [3.8, 4) is 39.4 Å². The van der Waals surface area contributed by atoms with Crippen LogP contribution in [0.2, 0.25) is 10.0 Å². The number of amides is 1. The Morgan fingerprint density at radius 1 is 0.981 bits per heavy atom. The monoisotopic (exact) mass is 744 g/mol. The SMILES string of the molecule is COC(=O)C[C@@H](O)CNCc1cnc2cc(-c3cccc(-c4cccc(-c5ccc(CNC[C@@H]6CCC(=O)N6)c(OC)n5)c4Cl)c3Cl)ccn2c1=O. The quantitative estimate of drug-likeness (QED) is 0.117. The van der Waals surface area contributed by atoms with Gasteiger partial charge in [0.25, 0.3) is 5.56 Å². The molecule has 0 radical (unpaired) electrons. The normalized spacial score (nSPS) is 14.7. The number of hydrogen-bond donors (Lipinski definition) is 4. The van der Waals surface area contributed by atoms with Crippen LogP contribution in [0.3, 0.4) is 0 Å². The number of aromatic nitrogens is 3. The molecule has 52 heavy (non-hydrogen) atoms. The van der Waals surface area contributed by atoms with Crippen LogP contribution >= 0.6 is 23.2 Å². The maximum absolute atomic E-state index is 13.2. The maximum Gasteiger partial charge on any atom is 0.308 e. The Morgan fingerprint density at radius 2 is 1.69 bits per heavy atom. The fourth-order valence-electron chi connectivity index (χ4n) is 6.17. The summed E-state index contributed by atoms with van der Waals surface area (Å²) in [5.74, 6) is 0.0444. The molecule has 0 saturated carbocycles. The molecule has 4 heterocycles. The third-order valence-electron chi connectivity index (χ3n) is 8.90. The first kappa shape index (κ1) is 36.9. The van der Waals surface area contributed by atoms with Crippen LogP contribution in [0.4, 0.5) is 0 Å². The molecule has 2 atom stereocenters. The number of pyridine rings is 2. The largest absolute Gasteiger partial charge is 0.481 e. The summed E-state index contributed by atoms with van der Waals surface area (Å²) in [7, 11) is 2.84. The van der Waals surface area contributed by atoms with Gasteiger partial charge in [-0.15, -0.1) is 0 Å². The summed E-state index contributed by atoms with van der Waals surface area (Å²) in [6, 6.07) is 19.0. The van der Waals surface area contributed by atoms with Gasteiger partial charge in [-0.3, -0.25) is 18.8 Å². The van der Waals surface area contributed by atoms with Gasteiger partial charge in [-0.25, -0.2) is 9.97 Å². The number of nitrogens with one attached hydrogen (secondary N) is 3. The van der Waals surface area contributed by atoms with Gasteiger partial charge in [-0.05, 0) is 30.2 Å². The van der Waals surface area contributed by atoms with Crippen LogP contribution in [-0.2, 0) is 27.4 Å². The molecule has 2 aromatic carbocycles. The molecule has 0 bridgehead atoms. The first-order chi connectivity index (χ1) is 25.2. The number of benzene rings is 2. The lowest BCUT2D eigenvalue weighted by atomic mass is 9.97. The van der Waals surface area contributed by atoms with Crippen molar-refractivity contribution in [1.29, 1.82) is 0 Å². The van der Waals surface area contributed by atoms with Gasteiger partial charge in [0.2, 0.25) is 11.8 Å². The second kappa shape index (κ2) is 16.7. The van der Waals surface area contributed by atoms with Crippen molar-refractivity contribution in [3.63, 3.8) is 0 Å². The first-order valence-corrected chi connectivity index (χ1v) is 17.5. The second-order valence-electron chi connectivity index (χ2n) is 12.4. The van der Waals surface area contributed by atoms with Gasteiger partial charge in [-0.1, -0.05) is 65.7 Å². The van der Waals surface area contributed by atoms with Gasteiger partial charge in [0.15, 0.2) is 0 Å². The number of ether oxygens (including phenoxy) is 2. The predicted molar refractivity (Wildman–Crippen MR) is 199 cm³/mol. The Balaban J connectivity index is 1.21. The van der Waals surface area contributed by atoms with Crippen molar-refractivity contribution < 1.29 is 24.2 Å². The third kappa shape index (κ3) is 8.27. The minimum absolute atomic E-state index is 0.0843. The fourth-order valence-corrected chi connectivity index (χ4v) is 6.83. The Bertz CT molecular complexity index is 2180. The number of rotatable bonds is 14. The number of carbonyl (C=O) groups excluding carboxylic acids is 2. The Labute approximate surface area is 310 Å². The first-order valence-electron chi connectivity index (χ1n) is 16.7.